The van der Waals surface area contributed by atoms with Crippen LogP contribution >= 0.6 is 0 Å². The lowest BCUT2D eigenvalue weighted by molar-refractivity contribution is 0.122. The number of ether oxygens (including phenoxy) is 2. The van der Waals surface area contributed by atoms with Crippen LogP contribution in [0.1, 0.15) is 12.0 Å². The molecule has 0 atom stereocenters. The van der Waals surface area contributed by atoms with Gasteiger partial charge in [-0.25, -0.2) is 0 Å². The molecule has 0 unspecified atom stereocenters. The summed E-state index contributed by atoms with van der Waals surface area (Å²) in [7, 11) is 5.56. The van der Waals surface area contributed by atoms with Crippen LogP contribution < -0.4 is 20.0 Å². The number of methoxy groups -OCH3 is 1. The number of nitrogens with zero attached hydrogens (tertiary/aromatic N) is 3. The maximum atomic E-state index is 5.61. The first kappa shape index (κ1) is 20.7. The van der Waals surface area contributed by atoms with Crippen molar-refractivity contribution in [2.24, 2.45) is 5.10 Å². The molecule has 0 radical (unpaired) electrons. The SMILES string of the molecule is CNc1ccccc1/C=C\C/C=N/N(C)c1ccc(N2CCOCC2)cc1OC. The molecule has 1 heterocycles. The third-order valence-electron chi connectivity index (χ3n) is 4.91. The summed E-state index contributed by atoms with van der Waals surface area (Å²) in [6.45, 7) is 3.33. The quantitative estimate of drug-likeness (QED) is 0.540. The molecule has 2 aromatic rings. The van der Waals surface area contributed by atoms with Crippen molar-refractivity contribution in [3.8, 4) is 5.75 Å². The summed E-state index contributed by atoms with van der Waals surface area (Å²) in [4.78, 5) is 2.31. The Labute approximate surface area is 173 Å². The molecule has 0 aromatic heterocycles. The highest BCUT2D eigenvalue weighted by Gasteiger charge is 2.14. The first-order valence-electron chi connectivity index (χ1n) is 9.93. The maximum absolute atomic E-state index is 5.61. The molecule has 154 valence electrons. The van der Waals surface area contributed by atoms with Crippen LogP contribution in [0.25, 0.3) is 6.08 Å². The number of rotatable bonds is 8. The van der Waals surface area contributed by atoms with Crippen LogP contribution in [0, 0.1) is 0 Å². The molecule has 1 aliphatic rings. The normalized spacial score (nSPS) is 14.5. The molecule has 1 fully saturated rings. The molecule has 0 spiro atoms. The monoisotopic (exact) mass is 394 g/mol. The van der Waals surface area contributed by atoms with Crippen LogP contribution in [0.4, 0.5) is 17.1 Å². The van der Waals surface area contributed by atoms with E-state index >= 15 is 0 Å². The van der Waals surface area contributed by atoms with Gasteiger partial charge in [0.2, 0.25) is 0 Å². The summed E-state index contributed by atoms with van der Waals surface area (Å²) in [5, 5.41) is 9.59. The zero-order chi connectivity index (χ0) is 20.5. The Morgan fingerprint density at radius 3 is 2.76 bits per heavy atom. The van der Waals surface area contributed by atoms with Gasteiger partial charge in [0.15, 0.2) is 0 Å². The number of anilines is 3. The Balaban J connectivity index is 1.62. The summed E-state index contributed by atoms with van der Waals surface area (Å²) in [5.74, 6) is 0.812. The molecule has 0 amide bonds. The molecule has 0 saturated carbocycles. The van der Waals surface area contributed by atoms with Crippen LogP contribution in [0.3, 0.4) is 0 Å². The Bertz CT molecular complexity index is 845. The van der Waals surface area contributed by atoms with E-state index in [1.54, 1.807) is 7.11 Å². The molecule has 0 bridgehead atoms. The number of nitrogens with one attached hydrogen (secondary N) is 1. The number of hydrogen-bond acceptors (Lipinski definition) is 6. The Morgan fingerprint density at radius 1 is 1.21 bits per heavy atom. The average molecular weight is 395 g/mol. The first-order chi connectivity index (χ1) is 14.2. The third kappa shape index (κ3) is 5.51. The summed E-state index contributed by atoms with van der Waals surface area (Å²) in [5.41, 5.74) is 4.36. The molecular formula is C23H30N4O2. The van der Waals surface area contributed by atoms with Gasteiger partial charge in [-0.1, -0.05) is 30.4 Å². The van der Waals surface area contributed by atoms with Crippen LogP contribution in [-0.2, 0) is 4.74 Å². The number of hydrogen-bond donors (Lipinski definition) is 1. The van der Waals surface area contributed by atoms with E-state index in [-0.39, 0.29) is 0 Å². The van der Waals surface area contributed by atoms with Crippen LogP contribution in [0.5, 0.6) is 5.75 Å². The molecule has 0 aliphatic carbocycles. The molecule has 29 heavy (non-hydrogen) atoms. The number of morpholine rings is 1. The van der Waals surface area contributed by atoms with E-state index in [4.69, 9.17) is 9.47 Å². The Kier molecular flexibility index (Phi) is 7.53. The smallest absolute Gasteiger partial charge is 0.146 e. The fourth-order valence-electron chi connectivity index (χ4n) is 3.31. The van der Waals surface area contributed by atoms with Gasteiger partial charge in [0.25, 0.3) is 0 Å². The van der Waals surface area contributed by atoms with Crippen molar-refractivity contribution >= 4 is 29.4 Å². The molecule has 1 N–H and O–H groups in total. The van der Waals surface area contributed by atoms with E-state index in [2.05, 4.69) is 57.8 Å². The van der Waals surface area contributed by atoms with Crippen molar-refractivity contribution in [3.05, 3.63) is 54.1 Å². The van der Waals surface area contributed by atoms with E-state index in [0.717, 1.165) is 61.1 Å². The fraction of sp³-hybridized carbons (Fsp3) is 0.348. The molecular weight excluding hydrogens is 364 g/mol. The predicted octanol–water partition coefficient (Wildman–Crippen LogP) is 4.10. The second kappa shape index (κ2) is 10.5. The second-order valence-electron chi connectivity index (χ2n) is 6.75. The topological polar surface area (TPSA) is 49.3 Å². The fourth-order valence-corrected chi connectivity index (χ4v) is 3.31. The zero-order valence-electron chi connectivity index (χ0n) is 17.5. The van der Waals surface area contributed by atoms with E-state index in [9.17, 15) is 0 Å². The van der Waals surface area contributed by atoms with Gasteiger partial charge < -0.3 is 19.7 Å². The van der Waals surface area contributed by atoms with Crippen molar-refractivity contribution < 1.29 is 9.47 Å². The lowest BCUT2D eigenvalue weighted by Gasteiger charge is -2.29. The number of hydrazone groups is 1. The highest BCUT2D eigenvalue weighted by molar-refractivity contribution is 5.71. The average Bonchev–Trinajstić information content (AvgIpc) is 2.79. The third-order valence-corrected chi connectivity index (χ3v) is 4.91. The zero-order valence-corrected chi connectivity index (χ0v) is 17.5. The molecule has 1 saturated heterocycles. The Hall–Kier alpha value is -2.99. The minimum absolute atomic E-state index is 0.747. The molecule has 3 rings (SSSR count). The standard InChI is InChI=1S/C23H30N4O2/c1-24-21-10-5-4-8-19(21)9-6-7-13-25-26(2)22-12-11-20(18-23(22)28-3)27-14-16-29-17-15-27/h4-6,8-13,18,24H,7,14-17H2,1-3H3/b9-6-,25-13+. The van der Waals surface area contributed by atoms with E-state index in [0.29, 0.717) is 0 Å². The predicted molar refractivity (Wildman–Crippen MR) is 123 cm³/mol. The molecule has 6 nitrogen and oxygen atoms in total. The van der Waals surface area contributed by atoms with Gasteiger partial charge in [-0.3, -0.25) is 5.01 Å². The number of allylic oxidation sites excluding steroid dienone is 1. The minimum Gasteiger partial charge on any atom is -0.494 e. The summed E-state index contributed by atoms with van der Waals surface area (Å²) in [6, 6.07) is 14.5. The van der Waals surface area contributed by atoms with Gasteiger partial charge >= 0.3 is 0 Å². The summed E-state index contributed by atoms with van der Waals surface area (Å²) in [6.07, 6.45) is 6.85. The van der Waals surface area contributed by atoms with Crippen LogP contribution in [0.15, 0.2) is 53.6 Å². The first-order valence-corrected chi connectivity index (χ1v) is 9.93. The van der Waals surface area contributed by atoms with Gasteiger partial charge in [0, 0.05) is 57.3 Å². The van der Waals surface area contributed by atoms with Crippen molar-refractivity contribution in [1.82, 2.24) is 0 Å². The molecule has 2 aromatic carbocycles. The summed E-state index contributed by atoms with van der Waals surface area (Å²) >= 11 is 0. The summed E-state index contributed by atoms with van der Waals surface area (Å²) < 4.78 is 11.1. The van der Waals surface area contributed by atoms with Gasteiger partial charge in [-0.05, 0) is 23.8 Å². The van der Waals surface area contributed by atoms with Crippen molar-refractivity contribution in [2.45, 2.75) is 6.42 Å². The number of para-hydroxylation sites is 1. The highest BCUT2D eigenvalue weighted by atomic mass is 16.5. The lowest BCUT2D eigenvalue weighted by atomic mass is 10.1. The maximum Gasteiger partial charge on any atom is 0.146 e. The lowest BCUT2D eigenvalue weighted by Crippen LogP contribution is -2.36. The van der Waals surface area contributed by atoms with E-state index in [1.165, 1.54) is 0 Å². The Morgan fingerprint density at radius 2 is 2.00 bits per heavy atom. The highest BCUT2D eigenvalue weighted by Crippen LogP contribution is 2.32. The van der Waals surface area contributed by atoms with Crippen LogP contribution in [0.2, 0.25) is 0 Å². The van der Waals surface area contributed by atoms with Gasteiger partial charge in [-0.2, -0.15) is 5.10 Å². The van der Waals surface area contributed by atoms with E-state index in [1.807, 2.05) is 37.5 Å². The second-order valence-corrected chi connectivity index (χ2v) is 6.75. The van der Waals surface area contributed by atoms with Gasteiger partial charge in [0.1, 0.15) is 11.4 Å². The number of benzene rings is 2. The van der Waals surface area contributed by atoms with E-state index < -0.39 is 0 Å². The molecule has 6 heteroatoms. The van der Waals surface area contributed by atoms with Crippen molar-refractivity contribution in [1.29, 1.82) is 0 Å². The van der Waals surface area contributed by atoms with Crippen molar-refractivity contribution in [3.63, 3.8) is 0 Å². The van der Waals surface area contributed by atoms with Gasteiger partial charge in [0.05, 0.1) is 20.3 Å². The largest absolute Gasteiger partial charge is 0.494 e. The van der Waals surface area contributed by atoms with Crippen molar-refractivity contribution in [2.75, 3.05) is 62.7 Å². The molecule has 1 aliphatic heterocycles. The van der Waals surface area contributed by atoms with Gasteiger partial charge in [-0.15, -0.1) is 0 Å². The van der Waals surface area contributed by atoms with Crippen LogP contribution in [-0.4, -0.2) is 53.7 Å². The minimum atomic E-state index is 0.747.